The second-order valence-electron chi connectivity index (χ2n) is 5.04. The van der Waals surface area contributed by atoms with Crippen LogP contribution in [-0.4, -0.2) is 13.1 Å². The van der Waals surface area contributed by atoms with E-state index in [0.717, 1.165) is 35.1 Å². The van der Waals surface area contributed by atoms with Gasteiger partial charge in [-0.3, -0.25) is 0 Å². The smallest absolute Gasteiger partial charge is 0.133 e. The fraction of sp³-hybridized carbons (Fsp3) is 0.375. The van der Waals surface area contributed by atoms with Crippen LogP contribution in [0.2, 0.25) is 5.02 Å². The van der Waals surface area contributed by atoms with E-state index in [2.05, 4.69) is 17.0 Å². The number of nitrogens with zero attached hydrogens (tertiary/aromatic N) is 1. The van der Waals surface area contributed by atoms with Gasteiger partial charge in [0.2, 0.25) is 0 Å². The Bertz CT molecular complexity index is 528. The van der Waals surface area contributed by atoms with Crippen molar-refractivity contribution in [3.63, 3.8) is 0 Å². The number of anilines is 1. The van der Waals surface area contributed by atoms with Gasteiger partial charge in [-0.15, -0.1) is 0 Å². The Morgan fingerprint density at radius 2 is 1.79 bits per heavy atom. The van der Waals surface area contributed by atoms with E-state index < -0.39 is 0 Å². The van der Waals surface area contributed by atoms with Crippen LogP contribution in [0.3, 0.4) is 0 Å². The second kappa shape index (κ2) is 5.70. The Balaban J connectivity index is 1.87. The summed E-state index contributed by atoms with van der Waals surface area (Å²) >= 11 is 6.45. The molecule has 0 saturated carbocycles. The average molecular weight is 276 g/mol. The van der Waals surface area contributed by atoms with E-state index in [9.17, 15) is 0 Å². The predicted molar refractivity (Wildman–Crippen MR) is 79.8 cm³/mol. The van der Waals surface area contributed by atoms with Gasteiger partial charge in [-0.05, 0) is 43.2 Å². The largest absolute Gasteiger partial charge is 0.464 e. The fourth-order valence-corrected chi connectivity index (χ4v) is 2.97. The number of halogens is 1. The zero-order valence-corrected chi connectivity index (χ0v) is 11.7. The van der Waals surface area contributed by atoms with Crippen molar-refractivity contribution in [2.45, 2.75) is 25.7 Å². The Morgan fingerprint density at radius 3 is 2.42 bits per heavy atom. The molecule has 0 unspecified atom stereocenters. The lowest BCUT2D eigenvalue weighted by molar-refractivity contribution is 0.582. The number of rotatable bonds is 2. The van der Waals surface area contributed by atoms with Gasteiger partial charge in [-0.25, -0.2) is 0 Å². The van der Waals surface area contributed by atoms with Gasteiger partial charge in [-0.2, -0.15) is 0 Å². The van der Waals surface area contributed by atoms with Gasteiger partial charge < -0.3 is 9.32 Å². The lowest BCUT2D eigenvalue weighted by Crippen LogP contribution is -2.24. The topological polar surface area (TPSA) is 16.4 Å². The molecule has 1 fully saturated rings. The molecule has 3 rings (SSSR count). The molecule has 2 aromatic rings. The maximum absolute atomic E-state index is 6.45. The maximum Gasteiger partial charge on any atom is 0.133 e. The van der Waals surface area contributed by atoms with Gasteiger partial charge in [0.05, 0.1) is 17.0 Å². The molecule has 1 aliphatic rings. The molecule has 0 N–H and O–H groups in total. The first-order chi connectivity index (χ1) is 9.34. The molecule has 19 heavy (non-hydrogen) atoms. The van der Waals surface area contributed by atoms with Crippen molar-refractivity contribution in [1.82, 2.24) is 0 Å². The van der Waals surface area contributed by atoms with Gasteiger partial charge in [0.15, 0.2) is 0 Å². The molecule has 2 heterocycles. The van der Waals surface area contributed by atoms with Crippen LogP contribution in [-0.2, 0) is 0 Å². The Labute approximate surface area is 119 Å². The van der Waals surface area contributed by atoms with E-state index in [1.807, 2.05) is 18.2 Å². The Morgan fingerprint density at radius 1 is 1.00 bits per heavy atom. The van der Waals surface area contributed by atoms with Gasteiger partial charge in [0, 0.05) is 18.7 Å². The van der Waals surface area contributed by atoms with Gasteiger partial charge in [0.25, 0.3) is 0 Å². The van der Waals surface area contributed by atoms with Gasteiger partial charge in [-0.1, -0.05) is 24.4 Å². The average Bonchev–Trinajstić information content (AvgIpc) is 2.82. The molecule has 0 spiro atoms. The first kappa shape index (κ1) is 12.6. The van der Waals surface area contributed by atoms with E-state index in [1.165, 1.54) is 25.7 Å². The molecule has 100 valence electrons. The number of hydrogen-bond donors (Lipinski definition) is 0. The van der Waals surface area contributed by atoms with Crippen LogP contribution in [0.25, 0.3) is 11.3 Å². The van der Waals surface area contributed by atoms with E-state index >= 15 is 0 Å². The quantitative estimate of drug-likeness (QED) is 0.768. The normalized spacial score (nSPS) is 16.4. The van der Waals surface area contributed by atoms with Crippen molar-refractivity contribution in [2.75, 3.05) is 18.0 Å². The summed E-state index contributed by atoms with van der Waals surface area (Å²) in [6.45, 7) is 2.22. The van der Waals surface area contributed by atoms with Crippen LogP contribution >= 0.6 is 11.6 Å². The molecule has 1 aromatic heterocycles. The molecule has 3 heteroatoms. The first-order valence-corrected chi connectivity index (χ1v) is 7.31. The summed E-state index contributed by atoms with van der Waals surface area (Å²) in [6.07, 6.45) is 6.87. The molecule has 1 saturated heterocycles. The van der Waals surface area contributed by atoms with Crippen molar-refractivity contribution in [3.8, 4) is 11.3 Å². The predicted octanol–water partition coefficient (Wildman–Crippen LogP) is 4.98. The summed E-state index contributed by atoms with van der Waals surface area (Å²) in [5.74, 6) is 0.865. The van der Waals surface area contributed by atoms with Crippen LogP contribution in [0.15, 0.2) is 41.0 Å². The van der Waals surface area contributed by atoms with Gasteiger partial charge in [0.1, 0.15) is 5.76 Å². The summed E-state index contributed by atoms with van der Waals surface area (Å²) in [6, 6.07) is 10.1. The van der Waals surface area contributed by atoms with Crippen molar-refractivity contribution in [3.05, 3.63) is 41.6 Å². The van der Waals surface area contributed by atoms with Crippen LogP contribution in [0.5, 0.6) is 0 Å². The van der Waals surface area contributed by atoms with E-state index in [4.69, 9.17) is 16.0 Å². The number of furan rings is 1. The highest BCUT2D eigenvalue weighted by Gasteiger charge is 2.14. The van der Waals surface area contributed by atoms with Crippen LogP contribution in [0.1, 0.15) is 25.7 Å². The minimum absolute atomic E-state index is 0.816. The van der Waals surface area contributed by atoms with Crippen molar-refractivity contribution >= 4 is 17.3 Å². The lowest BCUT2D eigenvalue weighted by atomic mass is 10.1. The summed E-state index contributed by atoms with van der Waals surface area (Å²) < 4.78 is 5.41. The Kier molecular flexibility index (Phi) is 3.79. The molecule has 1 aromatic carbocycles. The third-order valence-electron chi connectivity index (χ3n) is 3.70. The summed E-state index contributed by atoms with van der Waals surface area (Å²) in [7, 11) is 0. The highest BCUT2D eigenvalue weighted by molar-refractivity contribution is 6.33. The minimum atomic E-state index is 0.816. The molecule has 2 nitrogen and oxygen atoms in total. The van der Waals surface area contributed by atoms with Crippen LogP contribution in [0.4, 0.5) is 5.69 Å². The van der Waals surface area contributed by atoms with Crippen LogP contribution in [0, 0.1) is 0 Å². The summed E-state index contributed by atoms with van der Waals surface area (Å²) in [4.78, 5) is 2.40. The number of benzene rings is 1. The van der Waals surface area contributed by atoms with E-state index in [0.29, 0.717) is 0 Å². The zero-order chi connectivity index (χ0) is 13.1. The van der Waals surface area contributed by atoms with E-state index in [1.54, 1.807) is 6.26 Å². The van der Waals surface area contributed by atoms with Crippen molar-refractivity contribution in [2.24, 2.45) is 0 Å². The van der Waals surface area contributed by atoms with Gasteiger partial charge >= 0.3 is 0 Å². The fourth-order valence-electron chi connectivity index (χ4n) is 2.67. The van der Waals surface area contributed by atoms with E-state index in [-0.39, 0.29) is 0 Å². The molecular formula is C16H18ClNO. The standard InChI is InChI=1S/C16H18ClNO/c17-14-12-13(16-6-5-11-19-16)7-8-15(14)18-9-3-1-2-4-10-18/h5-8,11-12H,1-4,9-10H2. The molecule has 1 aliphatic heterocycles. The molecule has 0 bridgehead atoms. The molecule has 0 amide bonds. The highest BCUT2D eigenvalue weighted by Crippen LogP contribution is 2.32. The molecule has 0 aliphatic carbocycles. The maximum atomic E-state index is 6.45. The third kappa shape index (κ3) is 2.79. The number of hydrogen-bond acceptors (Lipinski definition) is 2. The monoisotopic (exact) mass is 275 g/mol. The van der Waals surface area contributed by atoms with Crippen LogP contribution < -0.4 is 4.90 Å². The van der Waals surface area contributed by atoms with Crippen molar-refractivity contribution in [1.29, 1.82) is 0 Å². The first-order valence-electron chi connectivity index (χ1n) is 6.93. The molecule has 0 radical (unpaired) electrons. The lowest BCUT2D eigenvalue weighted by Gasteiger charge is -2.24. The van der Waals surface area contributed by atoms with Crippen molar-refractivity contribution < 1.29 is 4.42 Å². The molecular weight excluding hydrogens is 258 g/mol. The minimum Gasteiger partial charge on any atom is -0.464 e. The zero-order valence-electron chi connectivity index (χ0n) is 10.9. The summed E-state index contributed by atoms with van der Waals surface area (Å²) in [5.41, 5.74) is 2.19. The molecule has 0 atom stereocenters. The highest BCUT2D eigenvalue weighted by atomic mass is 35.5. The SMILES string of the molecule is Clc1cc(-c2ccco2)ccc1N1CCCCCC1. The third-order valence-corrected chi connectivity index (χ3v) is 4.00. The second-order valence-corrected chi connectivity index (χ2v) is 5.45. The summed E-state index contributed by atoms with van der Waals surface area (Å²) in [5, 5.41) is 0.816. The Hall–Kier alpha value is -1.41.